The number of rotatable bonds is 3. The molecular weight excluding hydrogens is 250 g/mol. The van der Waals surface area contributed by atoms with E-state index in [-0.39, 0.29) is 0 Å². The Morgan fingerprint density at radius 2 is 1.95 bits per heavy atom. The summed E-state index contributed by atoms with van der Waals surface area (Å²) in [6.07, 6.45) is 2.88. The minimum absolute atomic E-state index is 0.364. The monoisotopic (exact) mass is 264 g/mol. The molecule has 1 aromatic rings. The van der Waals surface area contributed by atoms with Crippen molar-refractivity contribution in [3.63, 3.8) is 0 Å². The van der Waals surface area contributed by atoms with Crippen molar-refractivity contribution in [3.8, 4) is 0 Å². The van der Waals surface area contributed by atoms with E-state index in [1.165, 1.54) is 17.7 Å². The van der Waals surface area contributed by atoms with Crippen LogP contribution in [0.25, 0.3) is 0 Å². The Morgan fingerprint density at radius 1 is 1.21 bits per heavy atom. The van der Waals surface area contributed by atoms with Crippen LogP contribution in [0.4, 0.5) is 8.78 Å². The minimum Gasteiger partial charge on any atom is -0.372 e. The average molecular weight is 264 g/mol. The van der Waals surface area contributed by atoms with Gasteiger partial charge in [-0.2, -0.15) is 0 Å². The number of nitrogens with zero attached hydrogens (tertiary/aromatic N) is 2. The number of carbonyl (C=O) groups is 1. The van der Waals surface area contributed by atoms with E-state index in [1.54, 1.807) is 4.90 Å². The van der Waals surface area contributed by atoms with Gasteiger partial charge in [-0.1, -0.05) is 0 Å². The predicted octanol–water partition coefficient (Wildman–Crippen LogP) is 1.75. The maximum atomic E-state index is 13.1. The molecule has 0 aromatic heterocycles. The quantitative estimate of drug-likeness (QED) is 0.777. The van der Waals surface area contributed by atoms with Crippen LogP contribution in [0.2, 0.25) is 0 Å². The number of hydrogen-bond donors (Lipinski definition) is 0. The molecule has 0 bridgehead atoms. The van der Waals surface area contributed by atoms with Gasteiger partial charge >= 0.3 is 0 Å². The molecule has 1 atom stereocenters. The van der Waals surface area contributed by atoms with Crippen LogP contribution < -0.4 is 0 Å². The van der Waals surface area contributed by atoms with Crippen LogP contribution in [0.15, 0.2) is 30.0 Å². The highest BCUT2D eigenvalue weighted by Gasteiger charge is 2.32. The molecule has 1 amide bonds. The van der Waals surface area contributed by atoms with Crippen molar-refractivity contribution in [1.29, 1.82) is 0 Å². The molecule has 0 N–H and O–H groups in total. The van der Waals surface area contributed by atoms with E-state index in [1.807, 2.05) is 6.20 Å². The molecular formula is C14H14F2N2O. The van der Waals surface area contributed by atoms with Crippen molar-refractivity contribution in [2.45, 2.75) is 6.54 Å². The largest absolute Gasteiger partial charge is 0.372 e. The topological polar surface area (TPSA) is 23.6 Å². The summed E-state index contributed by atoms with van der Waals surface area (Å²) < 4.78 is 26.2. The molecule has 1 fully saturated rings. The Bertz CT molecular complexity index is 524. The van der Waals surface area contributed by atoms with Crippen molar-refractivity contribution in [1.82, 2.24) is 9.80 Å². The summed E-state index contributed by atoms with van der Waals surface area (Å²) in [5.41, 5.74) is 1.85. The third kappa shape index (κ3) is 2.45. The lowest BCUT2D eigenvalue weighted by atomic mass is 10.1. The standard InChI is InChI=1S/C14H14F2N2O/c15-13-1-10(2-14(16)3-13)4-17-5-11-7-18(9-19)8-12(11)6-17/h1-3,5,9,12H,4,6-8H2. The van der Waals surface area contributed by atoms with Crippen LogP contribution in [-0.4, -0.2) is 35.8 Å². The number of hydrogen-bond acceptors (Lipinski definition) is 2. The lowest BCUT2D eigenvalue weighted by molar-refractivity contribution is -0.117. The normalized spacial score (nSPS) is 21.6. The number of benzene rings is 1. The fourth-order valence-corrected chi connectivity index (χ4v) is 2.85. The van der Waals surface area contributed by atoms with Crippen LogP contribution in [0.5, 0.6) is 0 Å². The molecule has 2 aliphatic rings. The Morgan fingerprint density at radius 3 is 2.58 bits per heavy atom. The van der Waals surface area contributed by atoms with Crippen molar-refractivity contribution >= 4 is 6.41 Å². The highest BCUT2D eigenvalue weighted by Crippen LogP contribution is 2.29. The molecule has 0 spiro atoms. The summed E-state index contributed by atoms with van der Waals surface area (Å²) in [7, 11) is 0. The van der Waals surface area contributed by atoms with Gasteiger partial charge in [0.1, 0.15) is 11.6 Å². The maximum Gasteiger partial charge on any atom is 0.210 e. The zero-order valence-corrected chi connectivity index (χ0v) is 10.4. The molecule has 2 heterocycles. The number of carbonyl (C=O) groups excluding carboxylic acids is 1. The maximum absolute atomic E-state index is 13.1. The first-order valence-electron chi connectivity index (χ1n) is 6.23. The average Bonchev–Trinajstić information content (AvgIpc) is 2.84. The van der Waals surface area contributed by atoms with Gasteiger partial charge in [0.15, 0.2) is 0 Å². The predicted molar refractivity (Wildman–Crippen MR) is 66.0 cm³/mol. The van der Waals surface area contributed by atoms with E-state index < -0.39 is 11.6 Å². The number of amides is 1. The first-order valence-corrected chi connectivity index (χ1v) is 6.23. The van der Waals surface area contributed by atoms with Gasteiger partial charge < -0.3 is 9.80 Å². The van der Waals surface area contributed by atoms with E-state index in [0.717, 1.165) is 25.6 Å². The summed E-state index contributed by atoms with van der Waals surface area (Å²) in [5, 5.41) is 0. The van der Waals surface area contributed by atoms with E-state index in [9.17, 15) is 13.6 Å². The zero-order valence-electron chi connectivity index (χ0n) is 10.4. The fraction of sp³-hybridized carbons (Fsp3) is 0.357. The number of halogens is 2. The Balaban J connectivity index is 1.70. The van der Waals surface area contributed by atoms with E-state index in [2.05, 4.69) is 4.90 Å². The van der Waals surface area contributed by atoms with E-state index >= 15 is 0 Å². The summed E-state index contributed by atoms with van der Waals surface area (Å²) in [6, 6.07) is 3.59. The Hall–Kier alpha value is -1.91. The van der Waals surface area contributed by atoms with Crippen molar-refractivity contribution < 1.29 is 13.6 Å². The summed E-state index contributed by atoms with van der Waals surface area (Å²) in [5.74, 6) is -0.730. The van der Waals surface area contributed by atoms with Gasteiger partial charge in [0, 0.05) is 44.4 Å². The molecule has 3 rings (SSSR count). The van der Waals surface area contributed by atoms with Crippen LogP contribution >= 0.6 is 0 Å². The molecule has 3 nitrogen and oxygen atoms in total. The van der Waals surface area contributed by atoms with Gasteiger partial charge in [-0.3, -0.25) is 4.79 Å². The van der Waals surface area contributed by atoms with Gasteiger partial charge in [-0.15, -0.1) is 0 Å². The minimum atomic E-state index is -0.547. The van der Waals surface area contributed by atoms with Gasteiger partial charge in [0.05, 0.1) is 0 Å². The van der Waals surface area contributed by atoms with Crippen LogP contribution in [0, 0.1) is 17.6 Å². The molecule has 1 aromatic carbocycles. The fourth-order valence-electron chi connectivity index (χ4n) is 2.85. The second-order valence-corrected chi connectivity index (χ2v) is 5.14. The van der Waals surface area contributed by atoms with E-state index in [4.69, 9.17) is 0 Å². The van der Waals surface area contributed by atoms with E-state index in [0.29, 0.717) is 24.6 Å². The first kappa shape index (κ1) is 12.1. The summed E-state index contributed by atoms with van der Waals surface area (Å²) in [6.45, 7) is 2.71. The summed E-state index contributed by atoms with van der Waals surface area (Å²) in [4.78, 5) is 14.5. The second-order valence-electron chi connectivity index (χ2n) is 5.14. The third-order valence-corrected chi connectivity index (χ3v) is 3.63. The first-order chi connectivity index (χ1) is 9.14. The summed E-state index contributed by atoms with van der Waals surface area (Å²) >= 11 is 0. The molecule has 1 unspecified atom stereocenters. The number of fused-ring (bicyclic) bond motifs is 1. The molecule has 5 heteroatoms. The lowest BCUT2D eigenvalue weighted by Crippen LogP contribution is -2.24. The van der Waals surface area contributed by atoms with Crippen molar-refractivity contribution in [2.24, 2.45) is 5.92 Å². The van der Waals surface area contributed by atoms with Crippen molar-refractivity contribution in [3.05, 3.63) is 47.2 Å². The SMILES string of the molecule is O=CN1CC2=CN(Cc3cc(F)cc(F)c3)CC2C1. The van der Waals surface area contributed by atoms with Gasteiger partial charge in [-0.05, 0) is 23.3 Å². The smallest absolute Gasteiger partial charge is 0.210 e. The van der Waals surface area contributed by atoms with Crippen LogP contribution in [-0.2, 0) is 11.3 Å². The molecule has 0 aliphatic carbocycles. The Labute approximate surface area is 110 Å². The second kappa shape index (κ2) is 4.64. The molecule has 0 radical (unpaired) electrons. The lowest BCUT2D eigenvalue weighted by Gasteiger charge is -2.19. The third-order valence-electron chi connectivity index (χ3n) is 3.63. The highest BCUT2D eigenvalue weighted by atomic mass is 19.1. The molecule has 19 heavy (non-hydrogen) atoms. The molecule has 0 saturated carbocycles. The van der Waals surface area contributed by atoms with Crippen LogP contribution in [0.3, 0.4) is 0 Å². The van der Waals surface area contributed by atoms with Crippen molar-refractivity contribution in [2.75, 3.05) is 19.6 Å². The molecule has 1 saturated heterocycles. The van der Waals surface area contributed by atoms with Gasteiger partial charge in [-0.25, -0.2) is 8.78 Å². The molecule has 100 valence electrons. The number of likely N-dealkylation sites (tertiary alicyclic amines) is 1. The zero-order chi connectivity index (χ0) is 13.4. The van der Waals surface area contributed by atoms with Crippen LogP contribution in [0.1, 0.15) is 5.56 Å². The Kier molecular flexibility index (Phi) is 2.97. The molecule has 2 aliphatic heterocycles. The van der Waals surface area contributed by atoms with Gasteiger partial charge in [0.25, 0.3) is 0 Å². The highest BCUT2D eigenvalue weighted by molar-refractivity contribution is 5.50. The van der Waals surface area contributed by atoms with Gasteiger partial charge in [0.2, 0.25) is 6.41 Å².